The largest absolute Gasteiger partial charge is 0.391 e. The first-order valence-electron chi connectivity index (χ1n) is 9.84. The van der Waals surface area contributed by atoms with Crippen molar-refractivity contribution in [3.63, 3.8) is 0 Å². The van der Waals surface area contributed by atoms with E-state index in [0.29, 0.717) is 0 Å². The number of hydrogen-bond acceptors (Lipinski definition) is 3. The molecule has 3 nitrogen and oxygen atoms in total. The van der Waals surface area contributed by atoms with Crippen LogP contribution in [0.5, 0.6) is 0 Å². The van der Waals surface area contributed by atoms with Gasteiger partial charge in [0.2, 0.25) is 0 Å². The molecule has 0 radical (unpaired) electrons. The van der Waals surface area contributed by atoms with E-state index in [1.165, 1.54) is 11.1 Å². The van der Waals surface area contributed by atoms with Gasteiger partial charge in [0.25, 0.3) is 0 Å². The Morgan fingerprint density at radius 2 is 1.19 bits per heavy atom. The smallest absolute Gasteiger partial charge is 0.0782 e. The zero-order valence-electron chi connectivity index (χ0n) is 15.7. The highest BCUT2D eigenvalue weighted by Gasteiger charge is 2.68. The van der Waals surface area contributed by atoms with Crippen LogP contribution in [0.15, 0.2) is 60.7 Å². The molecular formula is C23H28N2O. The van der Waals surface area contributed by atoms with E-state index in [1.54, 1.807) is 0 Å². The average molecular weight is 348 g/mol. The van der Waals surface area contributed by atoms with Crippen molar-refractivity contribution in [1.82, 2.24) is 9.80 Å². The summed E-state index contributed by atoms with van der Waals surface area (Å²) in [4.78, 5) is 5.29. The van der Waals surface area contributed by atoms with Crippen LogP contribution in [0.2, 0.25) is 0 Å². The molecule has 0 unspecified atom stereocenters. The summed E-state index contributed by atoms with van der Waals surface area (Å²) in [6.45, 7) is 8.43. The SMILES string of the molecule is CCC1(C)N2CC3(c4ccccc4)CN1CC(c1ccccc1)(C2)C3O. The van der Waals surface area contributed by atoms with Crippen LogP contribution in [0.3, 0.4) is 0 Å². The number of nitrogens with zero attached hydrogens (tertiary/aromatic N) is 2. The Bertz CT molecular complexity index is 728. The molecule has 4 heterocycles. The summed E-state index contributed by atoms with van der Waals surface area (Å²) in [6.07, 6.45) is 0.743. The normalized spacial score (nSPS) is 43.6. The average Bonchev–Trinajstić information content (AvgIpc) is 2.69. The van der Waals surface area contributed by atoms with Crippen molar-refractivity contribution in [2.24, 2.45) is 0 Å². The van der Waals surface area contributed by atoms with Crippen molar-refractivity contribution in [2.75, 3.05) is 26.2 Å². The Hall–Kier alpha value is -1.68. The highest BCUT2D eigenvalue weighted by molar-refractivity contribution is 5.42. The molecule has 2 aromatic carbocycles. The van der Waals surface area contributed by atoms with E-state index in [-0.39, 0.29) is 22.6 Å². The Balaban J connectivity index is 1.71. The lowest BCUT2D eigenvalue weighted by Gasteiger charge is -2.73. The summed E-state index contributed by atoms with van der Waals surface area (Å²) in [5, 5.41) is 11.8. The molecule has 0 aliphatic carbocycles. The third-order valence-electron chi connectivity index (χ3n) is 7.67. The molecule has 4 bridgehead atoms. The Morgan fingerprint density at radius 1 is 0.808 bits per heavy atom. The van der Waals surface area contributed by atoms with E-state index < -0.39 is 0 Å². The molecule has 4 fully saturated rings. The maximum Gasteiger partial charge on any atom is 0.0782 e. The van der Waals surface area contributed by atoms with Gasteiger partial charge in [-0.15, -0.1) is 0 Å². The minimum Gasteiger partial charge on any atom is -0.391 e. The van der Waals surface area contributed by atoms with Crippen molar-refractivity contribution in [3.8, 4) is 0 Å². The van der Waals surface area contributed by atoms with Gasteiger partial charge >= 0.3 is 0 Å². The fourth-order valence-electron chi connectivity index (χ4n) is 6.00. The molecule has 1 N–H and O–H groups in total. The van der Waals surface area contributed by atoms with Crippen LogP contribution in [0, 0.1) is 0 Å². The van der Waals surface area contributed by atoms with Crippen molar-refractivity contribution < 1.29 is 5.11 Å². The zero-order chi connectivity index (χ0) is 18.0. The topological polar surface area (TPSA) is 26.7 Å². The Kier molecular flexibility index (Phi) is 3.43. The maximum atomic E-state index is 11.8. The number of rotatable bonds is 3. The lowest BCUT2D eigenvalue weighted by Crippen LogP contribution is -2.86. The van der Waals surface area contributed by atoms with Crippen LogP contribution in [0.4, 0.5) is 0 Å². The summed E-state index contributed by atoms with van der Waals surface area (Å²) in [7, 11) is 0. The molecule has 0 spiro atoms. The van der Waals surface area contributed by atoms with Gasteiger partial charge in [-0.05, 0) is 24.5 Å². The van der Waals surface area contributed by atoms with Gasteiger partial charge in [-0.1, -0.05) is 67.6 Å². The lowest BCUT2D eigenvalue weighted by atomic mass is 9.53. The maximum absolute atomic E-state index is 11.8. The van der Waals surface area contributed by atoms with Crippen LogP contribution in [-0.4, -0.2) is 52.9 Å². The van der Waals surface area contributed by atoms with Crippen LogP contribution in [0.1, 0.15) is 31.4 Å². The van der Waals surface area contributed by atoms with E-state index in [2.05, 4.69) is 84.3 Å². The van der Waals surface area contributed by atoms with E-state index in [9.17, 15) is 5.11 Å². The highest BCUT2D eigenvalue weighted by Crippen LogP contribution is 2.56. The molecule has 4 aliphatic rings. The molecule has 2 aromatic rings. The van der Waals surface area contributed by atoms with Crippen molar-refractivity contribution in [2.45, 2.75) is 42.9 Å². The minimum atomic E-state index is -0.367. The predicted molar refractivity (Wildman–Crippen MR) is 104 cm³/mol. The van der Waals surface area contributed by atoms with E-state index in [0.717, 1.165) is 32.6 Å². The van der Waals surface area contributed by atoms with Crippen LogP contribution < -0.4 is 0 Å². The molecule has 0 saturated carbocycles. The first kappa shape index (κ1) is 16.5. The summed E-state index contributed by atoms with van der Waals surface area (Å²) in [6, 6.07) is 21.4. The van der Waals surface area contributed by atoms with E-state index >= 15 is 0 Å². The second-order valence-corrected chi connectivity index (χ2v) is 8.73. The molecule has 0 atom stereocenters. The lowest BCUT2D eigenvalue weighted by molar-refractivity contribution is -0.244. The number of aliphatic hydroxyl groups is 1. The summed E-state index contributed by atoms with van der Waals surface area (Å²) in [5.74, 6) is 0. The second kappa shape index (κ2) is 5.41. The van der Waals surface area contributed by atoms with Crippen molar-refractivity contribution in [3.05, 3.63) is 71.8 Å². The van der Waals surface area contributed by atoms with Gasteiger partial charge in [0.05, 0.1) is 11.8 Å². The summed E-state index contributed by atoms with van der Waals surface area (Å²) < 4.78 is 0. The molecule has 0 aromatic heterocycles. The van der Waals surface area contributed by atoms with E-state index in [1.807, 2.05) is 0 Å². The zero-order valence-corrected chi connectivity index (χ0v) is 15.7. The summed E-state index contributed by atoms with van der Waals surface area (Å²) >= 11 is 0. The summed E-state index contributed by atoms with van der Waals surface area (Å²) in [5.41, 5.74) is 2.21. The number of benzene rings is 2. The molecular weight excluding hydrogens is 320 g/mol. The van der Waals surface area contributed by atoms with Gasteiger partial charge < -0.3 is 5.11 Å². The van der Waals surface area contributed by atoms with Crippen molar-refractivity contribution in [1.29, 1.82) is 0 Å². The molecule has 136 valence electrons. The fourth-order valence-corrected chi connectivity index (χ4v) is 6.00. The Labute approximate surface area is 156 Å². The van der Waals surface area contributed by atoms with Gasteiger partial charge in [0, 0.05) is 37.0 Å². The number of piperidine rings is 2. The standard InChI is InChI=1S/C23H28N2O/c1-3-21(2)24-14-22(18-10-6-4-7-11-18)15-25(21)17-23(16-24,20(22)26)19-12-8-5-9-13-19/h4-13,20,26H,3,14-17H2,1-2H3. The Morgan fingerprint density at radius 3 is 1.54 bits per heavy atom. The van der Waals surface area contributed by atoms with Crippen LogP contribution in [0.25, 0.3) is 0 Å². The third kappa shape index (κ3) is 1.89. The van der Waals surface area contributed by atoms with Gasteiger partial charge in [0.1, 0.15) is 0 Å². The van der Waals surface area contributed by atoms with Crippen LogP contribution in [-0.2, 0) is 10.8 Å². The van der Waals surface area contributed by atoms with Gasteiger partial charge in [-0.3, -0.25) is 9.80 Å². The molecule has 4 aliphatic heterocycles. The minimum absolute atomic E-state index is 0.0939. The monoisotopic (exact) mass is 348 g/mol. The predicted octanol–water partition coefficient (Wildman–Crippen LogP) is 2.99. The molecule has 0 amide bonds. The fraction of sp³-hybridized carbons (Fsp3) is 0.478. The van der Waals surface area contributed by atoms with Crippen LogP contribution >= 0.6 is 0 Å². The van der Waals surface area contributed by atoms with Crippen molar-refractivity contribution >= 4 is 0 Å². The second-order valence-electron chi connectivity index (χ2n) is 8.73. The molecule has 6 rings (SSSR count). The molecule has 3 heteroatoms. The number of hydrogen-bond donors (Lipinski definition) is 1. The van der Waals surface area contributed by atoms with Gasteiger partial charge in [-0.2, -0.15) is 0 Å². The quantitative estimate of drug-likeness (QED) is 0.924. The number of aliphatic hydroxyl groups excluding tert-OH is 1. The molecule has 4 saturated heterocycles. The molecule has 26 heavy (non-hydrogen) atoms. The van der Waals surface area contributed by atoms with Gasteiger partial charge in [-0.25, -0.2) is 0 Å². The third-order valence-corrected chi connectivity index (χ3v) is 7.67. The highest BCUT2D eigenvalue weighted by atomic mass is 16.3. The first-order valence-corrected chi connectivity index (χ1v) is 9.84. The van der Waals surface area contributed by atoms with E-state index in [4.69, 9.17) is 0 Å². The first-order chi connectivity index (χ1) is 12.6. The van der Waals surface area contributed by atoms with Gasteiger partial charge in [0.15, 0.2) is 0 Å².